The van der Waals surface area contributed by atoms with Crippen molar-refractivity contribution in [2.45, 2.75) is 43.7 Å². The molecule has 3 aliphatic rings. The fraction of sp³-hybridized carbons (Fsp3) is 0.364. The Morgan fingerprint density at radius 2 is 1.93 bits per heavy atom. The maximum Gasteiger partial charge on any atom is 0.320 e. The van der Waals surface area contributed by atoms with E-state index in [9.17, 15) is 14.7 Å². The molecule has 0 spiro atoms. The zero-order chi connectivity index (χ0) is 30.6. The average molecular weight is 593 g/mol. The number of β-amino-alcohol motifs (C(OH)–C–C–N with tert-alkyl or cyclic N) is 1. The number of benzene rings is 1. The lowest BCUT2D eigenvalue weighted by Gasteiger charge is -2.40. The van der Waals surface area contributed by atoms with Crippen LogP contribution in [0.4, 0.5) is 10.6 Å². The number of aliphatic hydroxyl groups is 1. The van der Waals surface area contributed by atoms with Crippen molar-refractivity contribution in [3.05, 3.63) is 78.8 Å². The van der Waals surface area contributed by atoms with E-state index in [2.05, 4.69) is 34.3 Å². The van der Waals surface area contributed by atoms with E-state index in [-0.39, 0.29) is 24.5 Å². The fourth-order valence-electron chi connectivity index (χ4n) is 6.55. The third-order valence-electron chi connectivity index (χ3n) is 9.16. The molecular formula is C33H36N8O3. The van der Waals surface area contributed by atoms with Gasteiger partial charge in [0.15, 0.2) is 0 Å². The molecule has 2 saturated heterocycles. The maximum atomic E-state index is 13.4. The van der Waals surface area contributed by atoms with E-state index in [0.29, 0.717) is 55.9 Å². The first kappa shape index (κ1) is 28.0. The van der Waals surface area contributed by atoms with Crippen LogP contribution in [0.3, 0.4) is 0 Å². The van der Waals surface area contributed by atoms with Crippen LogP contribution in [-0.4, -0.2) is 90.0 Å². The van der Waals surface area contributed by atoms with Crippen LogP contribution in [0.25, 0.3) is 28.1 Å². The van der Waals surface area contributed by atoms with Crippen molar-refractivity contribution in [3.8, 4) is 17.1 Å². The molecule has 11 heteroatoms. The summed E-state index contributed by atoms with van der Waals surface area (Å²) in [5.41, 5.74) is 10.2. The summed E-state index contributed by atoms with van der Waals surface area (Å²) in [5, 5.41) is 11.7. The highest BCUT2D eigenvalue weighted by Gasteiger charge is 2.43. The van der Waals surface area contributed by atoms with Gasteiger partial charge in [0.25, 0.3) is 0 Å². The van der Waals surface area contributed by atoms with E-state index in [4.69, 9.17) is 15.7 Å². The number of likely N-dealkylation sites (tertiary alicyclic amines) is 1. The molecule has 1 saturated carbocycles. The summed E-state index contributed by atoms with van der Waals surface area (Å²) in [6, 6.07) is 13.7. The summed E-state index contributed by atoms with van der Waals surface area (Å²) in [7, 11) is 0. The molecule has 3 N–H and O–H groups in total. The first-order chi connectivity index (χ1) is 21.3. The molecule has 0 radical (unpaired) electrons. The minimum Gasteiger partial charge on any atom is -0.383 e. The van der Waals surface area contributed by atoms with Crippen molar-refractivity contribution < 1.29 is 14.7 Å². The molecule has 5 heterocycles. The number of fused-ring (bicyclic) bond motifs is 1. The van der Waals surface area contributed by atoms with Gasteiger partial charge in [0, 0.05) is 44.8 Å². The Kier molecular flexibility index (Phi) is 6.84. The number of nitrogens with zero attached hydrogens (tertiary/aromatic N) is 7. The van der Waals surface area contributed by atoms with E-state index < -0.39 is 5.60 Å². The van der Waals surface area contributed by atoms with Crippen LogP contribution < -0.4 is 5.73 Å². The Balaban J connectivity index is 1.15. The minimum absolute atomic E-state index is 0.111. The van der Waals surface area contributed by atoms with Gasteiger partial charge < -0.3 is 25.5 Å². The van der Waals surface area contributed by atoms with Gasteiger partial charge in [-0.3, -0.25) is 14.3 Å². The molecule has 4 aromatic rings. The van der Waals surface area contributed by atoms with Gasteiger partial charge in [-0.25, -0.2) is 14.8 Å². The molecule has 3 amide bonds. The lowest BCUT2D eigenvalue weighted by Crippen LogP contribution is -2.57. The molecule has 3 aromatic heterocycles. The van der Waals surface area contributed by atoms with Crippen LogP contribution in [0.2, 0.25) is 0 Å². The normalized spacial score (nSPS) is 22.0. The van der Waals surface area contributed by atoms with Crippen LogP contribution in [-0.2, 0) is 10.4 Å². The van der Waals surface area contributed by atoms with Crippen molar-refractivity contribution >= 4 is 28.8 Å². The number of carbonyl (C=O) groups is 2. The van der Waals surface area contributed by atoms with Crippen molar-refractivity contribution in [1.29, 1.82) is 0 Å². The van der Waals surface area contributed by atoms with Gasteiger partial charge >= 0.3 is 6.03 Å². The number of carbonyl (C=O) groups excluding carboxylic acids is 2. The Hall–Kier alpha value is -4.77. The van der Waals surface area contributed by atoms with E-state index in [1.165, 1.54) is 24.5 Å². The maximum absolute atomic E-state index is 13.4. The third-order valence-corrected chi connectivity index (χ3v) is 9.16. The Morgan fingerprint density at radius 3 is 2.64 bits per heavy atom. The summed E-state index contributed by atoms with van der Waals surface area (Å²) >= 11 is 0. The first-order valence-corrected chi connectivity index (χ1v) is 15.1. The molecule has 0 bridgehead atoms. The van der Waals surface area contributed by atoms with Crippen LogP contribution in [0.5, 0.6) is 0 Å². The number of hydrogen-bond donors (Lipinski definition) is 2. The second-order valence-electron chi connectivity index (χ2n) is 12.1. The molecule has 2 aliphatic heterocycles. The van der Waals surface area contributed by atoms with Crippen molar-refractivity contribution in [2.24, 2.45) is 0 Å². The number of hydrogen-bond acceptors (Lipinski definition) is 7. The van der Waals surface area contributed by atoms with Crippen molar-refractivity contribution in [2.75, 3.05) is 38.5 Å². The van der Waals surface area contributed by atoms with Crippen LogP contribution >= 0.6 is 0 Å². The van der Waals surface area contributed by atoms with Crippen molar-refractivity contribution in [3.63, 3.8) is 0 Å². The van der Waals surface area contributed by atoms with E-state index in [1.807, 2.05) is 31.2 Å². The SMILES string of the molecule is C=CC(=O)N1CCN(C(=O)N2CC[C@](O)(c3ccc(-n4c(-c5cccnc5N)nc5ccc(C6CC6)cc54)cn3)C2)C[C@H]1C. The molecule has 1 aliphatic carbocycles. The highest BCUT2D eigenvalue weighted by molar-refractivity contribution is 5.88. The zero-order valence-corrected chi connectivity index (χ0v) is 24.8. The molecular weight excluding hydrogens is 556 g/mol. The molecule has 11 nitrogen and oxygen atoms in total. The van der Waals surface area contributed by atoms with Gasteiger partial charge in [-0.2, -0.15) is 0 Å². The van der Waals surface area contributed by atoms with Crippen LogP contribution in [0, 0.1) is 0 Å². The van der Waals surface area contributed by atoms with Gasteiger partial charge in [-0.1, -0.05) is 12.6 Å². The van der Waals surface area contributed by atoms with Gasteiger partial charge in [0.05, 0.1) is 40.7 Å². The molecule has 7 rings (SSSR count). The summed E-state index contributed by atoms with van der Waals surface area (Å²) in [6.07, 6.45) is 7.49. The largest absolute Gasteiger partial charge is 0.383 e. The molecule has 44 heavy (non-hydrogen) atoms. The number of aromatic nitrogens is 4. The summed E-state index contributed by atoms with van der Waals surface area (Å²) in [4.78, 5) is 44.6. The second-order valence-corrected chi connectivity index (χ2v) is 12.1. The number of pyridine rings is 2. The smallest absolute Gasteiger partial charge is 0.320 e. The summed E-state index contributed by atoms with van der Waals surface area (Å²) in [6.45, 7) is 7.40. The number of urea groups is 1. The van der Waals surface area contributed by atoms with Crippen LogP contribution in [0.1, 0.15) is 43.4 Å². The van der Waals surface area contributed by atoms with Crippen LogP contribution in [0.15, 0.2) is 67.5 Å². The molecule has 2 atom stereocenters. The van der Waals surface area contributed by atoms with Crippen molar-refractivity contribution in [1.82, 2.24) is 34.2 Å². The number of amides is 3. The number of nitrogens with two attached hydrogens (primary N) is 1. The monoisotopic (exact) mass is 592 g/mol. The fourth-order valence-corrected chi connectivity index (χ4v) is 6.55. The number of anilines is 1. The number of piperazine rings is 1. The highest BCUT2D eigenvalue weighted by Crippen LogP contribution is 2.42. The van der Waals surface area contributed by atoms with E-state index in [1.54, 1.807) is 27.1 Å². The number of rotatable bonds is 5. The molecule has 0 unspecified atom stereocenters. The number of nitrogen functional groups attached to an aromatic ring is 1. The van der Waals surface area contributed by atoms with Gasteiger partial charge in [-0.15, -0.1) is 0 Å². The second kappa shape index (κ2) is 10.7. The van der Waals surface area contributed by atoms with E-state index >= 15 is 0 Å². The minimum atomic E-state index is -1.27. The topological polar surface area (TPSA) is 134 Å². The highest BCUT2D eigenvalue weighted by atomic mass is 16.3. The van der Waals surface area contributed by atoms with Gasteiger partial charge in [0.2, 0.25) is 5.91 Å². The predicted molar refractivity (Wildman–Crippen MR) is 167 cm³/mol. The summed E-state index contributed by atoms with van der Waals surface area (Å²) < 4.78 is 2.05. The average Bonchev–Trinajstić information content (AvgIpc) is 3.71. The standard InChI is InChI=1S/C33H36N8O3/c1-3-29(42)40-16-15-38(19-21(40)2)32(43)39-14-12-33(44,20-39)28-11-9-24(18-36-28)41-27-17-23(22-6-7-22)8-10-26(27)37-31(41)25-5-4-13-35-30(25)34/h3-5,8-11,13,17-18,21-22,44H,1,6-7,12,14-16,19-20H2,2H3,(H2,34,35)/t21-,33-/m1/s1. The molecule has 226 valence electrons. The van der Waals surface area contributed by atoms with E-state index in [0.717, 1.165) is 22.3 Å². The summed E-state index contributed by atoms with van der Waals surface area (Å²) in [5.74, 6) is 1.52. The Bertz CT molecular complexity index is 1760. The predicted octanol–water partition coefficient (Wildman–Crippen LogP) is 3.67. The number of imidazole rings is 1. The van der Waals surface area contributed by atoms with Gasteiger partial charge in [0.1, 0.15) is 17.2 Å². The quantitative estimate of drug-likeness (QED) is 0.338. The first-order valence-electron chi connectivity index (χ1n) is 15.1. The Morgan fingerprint density at radius 1 is 1.09 bits per heavy atom. The lowest BCUT2D eigenvalue weighted by molar-refractivity contribution is -0.129. The zero-order valence-electron chi connectivity index (χ0n) is 24.8. The molecule has 3 fully saturated rings. The Labute approximate surface area is 255 Å². The third kappa shape index (κ3) is 4.86. The molecule has 1 aromatic carbocycles. The lowest BCUT2D eigenvalue weighted by atomic mass is 9.98. The van der Waals surface area contributed by atoms with Gasteiger partial charge in [-0.05, 0) is 73.7 Å².